The van der Waals surface area contributed by atoms with Crippen LogP contribution in [0.15, 0.2) is 58.9 Å². The maximum Gasteiger partial charge on any atom is 0.264 e. The molecule has 1 amide bonds. The molecule has 2 aliphatic rings. The molecule has 1 saturated heterocycles. The fraction of sp³-hybridized carbons (Fsp3) is 0.280. The van der Waals surface area contributed by atoms with E-state index in [0.717, 1.165) is 57.7 Å². The molecule has 6 heteroatoms. The summed E-state index contributed by atoms with van der Waals surface area (Å²) in [4.78, 5) is 23.0. The first-order valence-electron chi connectivity index (χ1n) is 10.6. The van der Waals surface area contributed by atoms with Crippen molar-refractivity contribution in [3.63, 3.8) is 0 Å². The topological polar surface area (TPSA) is 45.1 Å². The number of amidine groups is 1. The molecule has 1 fully saturated rings. The number of carbonyl (C=O) groups is 1. The van der Waals surface area contributed by atoms with Gasteiger partial charge in [-0.3, -0.25) is 4.79 Å². The number of carbonyl (C=O) groups excluding carboxylic acids is 1. The molecule has 5 nitrogen and oxygen atoms in total. The van der Waals surface area contributed by atoms with Gasteiger partial charge < -0.3 is 14.5 Å². The minimum atomic E-state index is 0.0842. The Hall–Kier alpha value is -3.12. The first-order valence-corrected chi connectivity index (χ1v) is 11.5. The Kier molecular flexibility index (Phi) is 5.02. The van der Waals surface area contributed by atoms with E-state index in [4.69, 9.17) is 9.73 Å². The molecule has 0 N–H and O–H groups in total. The van der Waals surface area contributed by atoms with Crippen LogP contribution < -0.4 is 4.74 Å². The van der Waals surface area contributed by atoms with Crippen molar-refractivity contribution in [3.05, 3.63) is 75.5 Å². The van der Waals surface area contributed by atoms with Gasteiger partial charge in [-0.05, 0) is 62.0 Å². The van der Waals surface area contributed by atoms with Gasteiger partial charge in [0.2, 0.25) is 0 Å². The Bertz CT molecular complexity index is 1170. The predicted octanol–water partition coefficient (Wildman–Crippen LogP) is 5.40. The van der Waals surface area contributed by atoms with E-state index in [0.29, 0.717) is 6.54 Å². The van der Waals surface area contributed by atoms with E-state index in [1.54, 1.807) is 0 Å². The molecule has 31 heavy (non-hydrogen) atoms. The zero-order chi connectivity index (χ0) is 21.5. The van der Waals surface area contributed by atoms with Crippen LogP contribution in [0.5, 0.6) is 11.5 Å². The van der Waals surface area contributed by atoms with Crippen LogP contribution in [0.3, 0.4) is 0 Å². The summed E-state index contributed by atoms with van der Waals surface area (Å²) in [6.45, 7) is 8.38. The molecule has 3 heterocycles. The van der Waals surface area contributed by atoms with E-state index in [1.165, 1.54) is 11.3 Å². The van der Waals surface area contributed by atoms with Crippen LogP contribution in [0.2, 0.25) is 0 Å². The average Bonchev–Trinajstić information content (AvgIpc) is 3.24. The van der Waals surface area contributed by atoms with Crippen molar-refractivity contribution in [2.75, 3.05) is 19.6 Å². The Morgan fingerprint density at radius 1 is 1.06 bits per heavy atom. The van der Waals surface area contributed by atoms with E-state index in [-0.39, 0.29) is 11.9 Å². The summed E-state index contributed by atoms with van der Waals surface area (Å²) in [7, 11) is 0. The standard InChI is InChI=1S/C25H25N3O2S/c1-16-7-9-21-19(13-16)24(26-20-8-6-17(2)14-22(20)30-21)27-10-11-28(18(3)15-27)25(29)23-5-4-12-31-23/h4-9,12-14,18H,10-11,15H2,1-3H3/t18-/m1/s1. The van der Waals surface area contributed by atoms with E-state index in [2.05, 4.69) is 43.9 Å². The molecule has 0 radical (unpaired) electrons. The van der Waals surface area contributed by atoms with Crippen LogP contribution >= 0.6 is 11.3 Å². The second-order valence-electron chi connectivity index (χ2n) is 8.28. The van der Waals surface area contributed by atoms with Crippen LogP contribution in [0.25, 0.3) is 0 Å². The number of hydrogen-bond acceptors (Lipinski definition) is 5. The highest BCUT2D eigenvalue weighted by Gasteiger charge is 2.32. The number of fused-ring (bicyclic) bond motifs is 2. The van der Waals surface area contributed by atoms with Gasteiger partial charge in [0.1, 0.15) is 17.3 Å². The zero-order valence-corrected chi connectivity index (χ0v) is 18.8. The molecule has 2 aliphatic heterocycles. The van der Waals surface area contributed by atoms with E-state index in [1.807, 2.05) is 40.6 Å². The van der Waals surface area contributed by atoms with Gasteiger partial charge in [-0.15, -0.1) is 11.3 Å². The van der Waals surface area contributed by atoms with E-state index < -0.39 is 0 Å². The molecule has 158 valence electrons. The molecule has 2 aromatic carbocycles. The smallest absolute Gasteiger partial charge is 0.264 e. The third-order valence-electron chi connectivity index (χ3n) is 5.86. The molecule has 1 aromatic heterocycles. The van der Waals surface area contributed by atoms with Crippen molar-refractivity contribution < 1.29 is 9.53 Å². The maximum absolute atomic E-state index is 12.9. The lowest BCUT2D eigenvalue weighted by atomic mass is 10.1. The summed E-state index contributed by atoms with van der Waals surface area (Å²) >= 11 is 1.50. The van der Waals surface area contributed by atoms with Crippen molar-refractivity contribution in [2.45, 2.75) is 26.8 Å². The normalized spacial score (nSPS) is 17.9. The number of hydrogen-bond donors (Lipinski definition) is 0. The number of aliphatic imine (C=N–C) groups is 1. The number of thiophene rings is 1. The number of ether oxygens (including phenoxy) is 1. The maximum atomic E-state index is 12.9. The van der Waals surface area contributed by atoms with Gasteiger partial charge >= 0.3 is 0 Å². The average molecular weight is 432 g/mol. The highest BCUT2D eigenvalue weighted by molar-refractivity contribution is 7.12. The fourth-order valence-corrected chi connectivity index (χ4v) is 4.91. The zero-order valence-electron chi connectivity index (χ0n) is 18.0. The summed E-state index contributed by atoms with van der Waals surface area (Å²) < 4.78 is 6.29. The summed E-state index contributed by atoms with van der Waals surface area (Å²) in [6, 6.07) is 16.3. The van der Waals surface area contributed by atoms with Crippen LogP contribution in [0.4, 0.5) is 5.69 Å². The quantitative estimate of drug-likeness (QED) is 0.519. The predicted molar refractivity (Wildman–Crippen MR) is 125 cm³/mol. The molecule has 1 atom stereocenters. The lowest BCUT2D eigenvalue weighted by Crippen LogP contribution is -2.55. The summed E-state index contributed by atoms with van der Waals surface area (Å²) in [5.41, 5.74) is 4.13. The number of rotatable bonds is 1. The molecular formula is C25H25N3O2S. The molecule has 0 unspecified atom stereocenters. The lowest BCUT2D eigenvalue weighted by molar-refractivity contribution is 0.0586. The number of amides is 1. The highest BCUT2D eigenvalue weighted by Crippen LogP contribution is 2.39. The van der Waals surface area contributed by atoms with Gasteiger partial charge in [-0.25, -0.2) is 4.99 Å². The summed E-state index contributed by atoms with van der Waals surface area (Å²) in [5, 5.41) is 1.95. The Balaban J connectivity index is 1.49. The van der Waals surface area contributed by atoms with E-state index >= 15 is 0 Å². The Morgan fingerprint density at radius 2 is 1.87 bits per heavy atom. The molecule has 0 aliphatic carbocycles. The first kappa shape index (κ1) is 19.8. The van der Waals surface area contributed by atoms with Crippen molar-refractivity contribution in [3.8, 4) is 11.5 Å². The number of aryl methyl sites for hydroxylation is 2. The molecule has 0 bridgehead atoms. The number of benzene rings is 2. The monoisotopic (exact) mass is 431 g/mol. The molecular weight excluding hydrogens is 406 g/mol. The van der Waals surface area contributed by atoms with Crippen molar-refractivity contribution >= 4 is 28.8 Å². The molecule has 0 spiro atoms. The second-order valence-corrected chi connectivity index (χ2v) is 9.23. The van der Waals surface area contributed by atoms with Crippen molar-refractivity contribution in [1.29, 1.82) is 0 Å². The Morgan fingerprint density at radius 3 is 2.65 bits per heavy atom. The van der Waals surface area contributed by atoms with Gasteiger partial charge in [0.25, 0.3) is 5.91 Å². The minimum absolute atomic E-state index is 0.0842. The summed E-state index contributed by atoms with van der Waals surface area (Å²) in [6.07, 6.45) is 0. The minimum Gasteiger partial charge on any atom is -0.454 e. The highest BCUT2D eigenvalue weighted by atomic mass is 32.1. The van der Waals surface area contributed by atoms with Crippen LogP contribution in [0, 0.1) is 13.8 Å². The third-order valence-corrected chi connectivity index (χ3v) is 6.72. The van der Waals surface area contributed by atoms with Crippen molar-refractivity contribution in [2.24, 2.45) is 4.99 Å². The summed E-state index contributed by atoms with van der Waals surface area (Å²) in [5.74, 6) is 2.62. The molecule has 0 saturated carbocycles. The molecule has 3 aromatic rings. The largest absolute Gasteiger partial charge is 0.454 e. The Labute approximate surface area is 186 Å². The van der Waals surface area contributed by atoms with Crippen LogP contribution in [-0.2, 0) is 0 Å². The van der Waals surface area contributed by atoms with Crippen LogP contribution in [0.1, 0.15) is 33.3 Å². The molecule has 5 rings (SSSR count). The number of nitrogens with zero attached hydrogens (tertiary/aromatic N) is 3. The van der Waals surface area contributed by atoms with Crippen LogP contribution in [-0.4, -0.2) is 47.2 Å². The van der Waals surface area contributed by atoms with Gasteiger partial charge in [-0.1, -0.05) is 23.8 Å². The number of piperazine rings is 1. The third kappa shape index (κ3) is 3.72. The first-order chi connectivity index (χ1) is 15.0. The van der Waals surface area contributed by atoms with Gasteiger partial charge in [-0.2, -0.15) is 0 Å². The SMILES string of the molecule is Cc1ccc2c(c1)Oc1ccc(C)cc1C(N1CCN(C(=O)c3cccs3)[C@H](C)C1)=N2. The van der Waals surface area contributed by atoms with Gasteiger partial charge in [0.15, 0.2) is 5.75 Å². The van der Waals surface area contributed by atoms with Gasteiger partial charge in [0, 0.05) is 25.7 Å². The van der Waals surface area contributed by atoms with Gasteiger partial charge in [0.05, 0.1) is 10.4 Å². The fourth-order valence-electron chi connectivity index (χ4n) is 4.23. The lowest BCUT2D eigenvalue weighted by Gasteiger charge is -2.41. The second kappa shape index (κ2) is 7.85. The van der Waals surface area contributed by atoms with E-state index in [9.17, 15) is 4.79 Å². The van der Waals surface area contributed by atoms with Crippen molar-refractivity contribution in [1.82, 2.24) is 9.80 Å².